The number of aromatic nitrogens is 1. The van der Waals surface area contributed by atoms with E-state index in [2.05, 4.69) is 12.1 Å². The van der Waals surface area contributed by atoms with Gasteiger partial charge in [-0.25, -0.2) is 4.99 Å². The van der Waals surface area contributed by atoms with Gasteiger partial charge in [0.1, 0.15) is 11.5 Å². The minimum atomic E-state index is -0.732. The smallest absolute Gasteiger partial charge is 0.318 e. The highest BCUT2D eigenvalue weighted by Crippen LogP contribution is 2.42. The lowest BCUT2D eigenvalue weighted by Gasteiger charge is -2.31. The molecule has 0 amide bonds. The Bertz CT molecular complexity index is 2290. The van der Waals surface area contributed by atoms with Crippen LogP contribution in [0, 0.1) is 20.2 Å². The molecule has 12 heteroatoms. The minimum absolute atomic E-state index is 0.142. The quantitative estimate of drug-likeness (QED) is 0.160. The SMILES string of the molecule is COc1cccc([C@H]2C3=C(N=c4s/c(=C\c5cccc(Oc6ccc([N+](=O)[O-])cc6[N+](=O)[O-])c5)c(=O)n42)c2ccccc2CC3)c1. The molecule has 2 aliphatic rings. The first-order valence-electron chi connectivity index (χ1n) is 14.3. The maximum Gasteiger partial charge on any atom is 0.318 e. The van der Waals surface area contributed by atoms with Crippen molar-refractivity contribution in [3.8, 4) is 17.2 Å². The Hall–Kier alpha value is -5.88. The zero-order chi connectivity index (χ0) is 31.9. The van der Waals surface area contributed by atoms with Crippen molar-refractivity contribution in [3.05, 3.63) is 159 Å². The van der Waals surface area contributed by atoms with Crippen molar-refractivity contribution in [1.82, 2.24) is 4.57 Å². The minimum Gasteiger partial charge on any atom is -0.497 e. The lowest BCUT2D eigenvalue weighted by atomic mass is 9.83. The van der Waals surface area contributed by atoms with E-state index in [1.807, 2.05) is 36.4 Å². The summed E-state index contributed by atoms with van der Waals surface area (Å²) in [7, 11) is 1.61. The van der Waals surface area contributed by atoms with Crippen molar-refractivity contribution < 1.29 is 19.3 Å². The maximum atomic E-state index is 14.1. The van der Waals surface area contributed by atoms with Gasteiger partial charge in [-0.2, -0.15) is 0 Å². The molecule has 0 saturated heterocycles. The van der Waals surface area contributed by atoms with Crippen LogP contribution in [0.15, 0.2) is 106 Å². The van der Waals surface area contributed by atoms with Gasteiger partial charge in [-0.3, -0.25) is 29.6 Å². The van der Waals surface area contributed by atoms with E-state index < -0.39 is 21.2 Å². The molecule has 4 aromatic carbocycles. The number of nitro benzene ring substituents is 2. The molecule has 2 heterocycles. The Morgan fingerprint density at radius 2 is 1.72 bits per heavy atom. The molecule has 1 aromatic heterocycles. The van der Waals surface area contributed by atoms with Gasteiger partial charge in [0.05, 0.1) is 39.3 Å². The molecule has 1 aliphatic heterocycles. The molecule has 0 saturated carbocycles. The third-order valence-electron chi connectivity index (χ3n) is 8.02. The van der Waals surface area contributed by atoms with Crippen LogP contribution in [0.4, 0.5) is 11.4 Å². The largest absolute Gasteiger partial charge is 0.497 e. The van der Waals surface area contributed by atoms with Crippen molar-refractivity contribution >= 4 is 34.5 Å². The Balaban J connectivity index is 1.33. The average molecular weight is 633 g/mol. The second-order valence-corrected chi connectivity index (χ2v) is 11.7. The number of fused-ring (bicyclic) bond motifs is 3. The summed E-state index contributed by atoms with van der Waals surface area (Å²) in [4.78, 5) is 41.0. The molecule has 7 rings (SSSR count). The van der Waals surface area contributed by atoms with Crippen LogP contribution in [-0.4, -0.2) is 21.5 Å². The van der Waals surface area contributed by atoms with Crippen LogP contribution in [0.3, 0.4) is 0 Å². The van der Waals surface area contributed by atoms with Crippen LogP contribution in [0.5, 0.6) is 17.2 Å². The van der Waals surface area contributed by atoms with Gasteiger partial charge >= 0.3 is 5.69 Å². The average Bonchev–Trinajstić information content (AvgIpc) is 3.37. The topological polar surface area (TPSA) is 139 Å². The van der Waals surface area contributed by atoms with Gasteiger partial charge in [0, 0.05) is 11.6 Å². The highest BCUT2D eigenvalue weighted by atomic mass is 32.1. The summed E-state index contributed by atoms with van der Waals surface area (Å²) in [5.74, 6) is 0.816. The standard InChI is InChI=1S/C34H24N4O7S/c1-44-24-9-5-8-22(18-24)32-27-14-12-21-7-2-3-11-26(21)31(27)35-34-36(32)33(39)30(46-34)17-20-6-4-10-25(16-20)45-29-15-13-23(37(40)41)19-28(29)38(42)43/h2-11,13,15-19,32H,12,14H2,1H3/b30-17-/t32-/m0/s1. The number of allylic oxidation sites excluding steroid dienone is 1. The first-order chi connectivity index (χ1) is 22.3. The number of nitrogens with zero attached hydrogens (tertiary/aromatic N) is 4. The van der Waals surface area contributed by atoms with Gasteiger partial charge in [0.2, 0.25) is 5.75 Å². The Morgan fingerprint density at radius 3 is 2.52 bits per heavy atom. The molecule has 0 radical (unpaired) electrons. The summed E-state index contributed by atoms with van der Waals surface area (Å²) in [6.07, 6.45) is 3.34. The Morgan fingerprint density at radius 1 is 0.913 bits per heavy atom. The first-order valence-corrected chi connectivity index (χ1v) is 15.1. The monoisotopic (exact) mass is 632 g/mol. The van der Waals surface area contributed by atoms with E-state index >= 15 is 0 Å². The van der Waals surface area contributed by atoms with Crippen LogP contribution in [0.1, 0.15) is 34.7 Å². The third-order valence-corrected chi connectivity index (χ3v) is 9.00. The van der Waals surface area contributed by atoms with E-state index in [9.17, 15) is 25.0 Å². The number of hydrogen-bond acceptors (Lipinski definition) is 9. The zero-order valence-corrected chi connectivity index (χ0v) is 25.1. The predicted octanol–water partition coefficient (Wildman–Crippen LogP) is 5.94. The fraction of sp³-hybridized carbons (Fsp3) is 0.118. The van der Waals surface area contributed by atoms with Crippen LogP contribution in [0.25, 0.3) is 11.8 Å². The number of hydrogen-bond donors (Lipinski definition) is 0. The predicted molar refractivity (Wildman–Crippen MR) is 172 cm³/mol. The number of thiazole rings is 1. The Kier molecular flexibility index (Phi) is 7.26. The second kappa shape index (κ2) is 11.6. The van der Waals surface area contributed by atoms with Gasteiger partial charge in [-0.15, -0.1) is 0 Å². The third kappa shape index (κ3) is 5.14. The van der Waals surface area contributed by atoms with Gasteiger partial charge in [-0.1, -0.05) is 59.9 Å². The highest BCUT2D eigenvalue weighted by molar-refractivity contribution is 7.07. The van der Waals surface area contributed by atoms with E-state index in [1.165, 1.54) is 23.0 Å². The van der Waals surface area contributed by atoms with Gasteiger partial charge in [0.15, 0.2) is 4.80 Å². The van der Waals surface area contributed by atoms with Crippen LogP contribution >= 0.6 is 11.3 Å². The van der Waals surface area contributed by atoms with E-state index in [1.54, 1.807) is 42.0 Å². The molecule has 5 aromatic rings. The van der Waals surface area contributed by atoms with E-state index in [4.69, 9.17) is 14.5 Å². The number of non-ortho nitro benzene ring substituents is 1. The molecule has 0 unspecified atom stereocenters. The van der Waals surface area contributed by atoms with E-state index in [-0.39, 0.29) is 23.1 Å². The molecule has 1 aliphatic carbocycles. The highest BCUT2D eigenvalue weighted by Gasteiger charge is 2.32. The lowest BCUT2D eigenvalue weighted by molar-refractivity contribution is -0.394. The number of nitro groups is 2. The van der Waals surface area contributed by atoms with Crippen LogP contribution in [-0.2, 0) is 6.42 Å². The zero-order valence-electron chi connectivity index (χ0n) is 24.3. The summed E-state index contributed by atoms with van der Waals surface area (Å²) in [6, 6.07) is 25.5. The van der Waals surface area contributed by atoms with E-state index in [0.717, 1.165) is 47.4 Å². The first kappa shape index (κ1) is 28.9. The summed E-state index contributed by atoms with van der Waals surface area (Å²) in [5.41, 5.74) is 4.66. The van der Waals surface area contributed by atoms with Crippen molar-refractivity contribution in [1.29, 1.82) is 0 Å². The lowest BCUT2D eigenvalue weighted by Crippen LogP contribution is -2.38. The molecular formula is C34H24N4O7S. The number of benzene rings is 4. The molecule has 0 spiro atoms. The number of methoxy groups -OCH3 is 1. The summed E-state index contributed by atoms with van der Waals surface area (Å²) in [6.45, 7) is 0. The van der Waals surface area contributed by atoms with E-state index in [0.29, 0.717) is 20.6 Å². The molecule has 0 N–H and O–H groups in total. The number of ether oxygens (including phenoxy) is 2. The molecule has 11 nitrogen and oxygen atoms in total. The molecule has 46 heavy (non-hydrogen) atoms. The molecular weight excluding hydrogens is 608 g/mol. The van der Waals surface area contributed by atoms with Gasteiger partial charge in [0.25, 0.3) is 11.2 Å². The normalized spacial score (nSPS) is 15.3. The van der Waals surface area contributed by atoms with Crippen LogP contribution in [0.2, 0.25) is 0 Å². The molecule has 0 bridgehead atoms. The molecule has 1 atom stereocenters. The van der Waals surface area contributed by atoms with Crippen molar-refractivity contribution in [2.24, 2.45) is 4.99 Å². The summed E-state index contributed by atoms with van der Waals surface area (Å²) in [5, 5.41) is 22.7. The Labute approximate surface area is 264 Å². The molecule has 0 fully saturated rings. The van der Waals surface area contributed by atoms with Crippen molar-refractivity contribution in [2.45, 2.75) is 18.9 Å². The number of aryl methyl sites for hydroxylation is 1. The molecule has 228 valence electrons. The summed E-state index contributed by atoms with van der Waals surface area (Å²) < 4.78 is 13.5. The number of rotatable bonds is 7. The fourth-order valence-corrected chi connectivity index (χ4v) is 6.93. The van der Waals surface area contributed by atoms with Gasteiger partial charge in [-0.05, 0) is 71.5 Å². The second-order valence-electron chi connectivity index (χ2n) is 10.7. The van der Waals surface area contributed by atoms with Crippen molar-refractivity contribution in [2.75, 3.05) is 7.11 Å². The summed E-state index contributed by atoms with van der Waals surface area (Å²) >= 11 is 1.28. The van der Waals surface area contributed by atoms with Crippen molar-refractivity contribution in [3.63, 3.8) is 0 Å². The van der Waals surface area contributed by atoms with Gasteiger partial charge < -0.3 is 9.47 Å². The maximum absolute atomic E-state index is 14.1. The fourth-order valence-electron chi connectivity index (χ4n) is 5.93. The van der Waals surface area contributed by atoms with Crippen LogP contribution < -0.4 is 24.4 Å².